The molecule has 0 aromatic carbocycles. The molecular formula is C36H50N8O4. The monoisotopic (exact) mass is 658 g/mol. The maximum Gasteiger partial charge on any atom is 0.229 e. The Labute approximate surface area is 282 Å². The summed E-state index contributed by atoms with van der Waals surface area (Å²) in [4.78, 5) is 42.9. The minimum Gasteiger partial charge on any atom is -0.376 e. The highest BCUT2D eigenvalue weighted by atomic mass is 16.5. The van der Waals surface area contributed by atoms with E-state index in [1.807, 2.05) is 45.0 Å². The van der Waals surface area contributed by atoms with Gasteiger partial charge in [0.2, 0.25) is 23.7 Å². The van der Waals surface area contributed by atoms with Crippen LogP contribution in [0.5, 0.6) is 0 Å². The van der Waals surface area contributed by atoms with Gasteiger partial charge in [-0.25, -0.2) is 19.9 Å². The number of hydrogen-bond acceptors (Lipinski definition) is 8. The van der Waals surface area contributed by atoms with Crippen LogP contribution in [0.4, 0.5) is 11.9 Å². The molecule has 258 valence electrons. The van der Waals surface area contributed by atoms with Crippen LogP contribution in [0.1, 0.15) is 111 Å². The largest absolute Gasteiger partial charge is 0.376 e. The molecule has 5 heterocycles. The fraction of sp³-hybridized carbons (Fsp3) is 0.611. The van der Waals surface area contributed by atoms with Crippen LogP contribution in [0.2, 0.25) is 0 Å². The second-order valence-corrected chi connectivity index (χ2v) is 15.0. The van der Waals surface area contributed by atoms with Gasteiger partial charge in [0.1, 0.15) is 11.0 Å². The van der Waals surface area contributed by atoms with Crippen molar-refractivity contribution in [3.05, 3.63) is 36.7 Å². The Hall–Kier alpha value is -3.90. The van der Waals surface area contributed by atoms with E-state index >= 15 is 0 Å². The minimum absolute atomic E-state index is 0.0404. The van der Waals surface area contributed by atoms with Crippen LogP contribution in [0, 0.1) is 5.92 Å². The topological polar surface area (TPSA) is 138 Å². The molecule has 4 aromatic heterocycles. The Morgan fingerprint density at radius 3 is 1.90 bits per heavy atom. The van der Waals surface area contributed by atoms with Crippen LogP contribution in [0.15, 0.2) is 36.7 Å². The van der Waals surface area contributed by atoms with Gasteiger partial charge in [0, 0.05) is 37.5 Å². The van der Waals surface area contributed by atoms with Gasteiger partial charge in [-0.2, -0.15) is 0 Å². The van der Waals surface area contributed by atoms with Gasteiger partial charge in [-0.3, -0.25) is 29.4 Å². The zero-order valence-electron chi connectivity index (χ0n) is 29.0. The molecule has 12 heteroatoms. The Bertz CT molecular complexity index is 1730. The number of imidazole rings is 2. The van der Waals surface area contributed by atoms with Crippen LogP contribution in [-0.2, 0) is 19.1 Å². The molecular weight excluding hydrogens is 608 g/mol. The fourth-order valence-electron chi connectivity index (χ4n) is 6.62. The molecule has 2 aliphatic carbocycles. The molecule has 1 aliphatic heterocycles. The SMILES string of the molecule is CC(C)(C)OCCC(=O)Nc1nc2cccnc2n1C1CCC1.CC1(C)CC(CC(=O)Nc2nc3cccnc3n2C2CCC2)CCO1. The molecule has 3 fully saturated rings. The van der Waals surface area contributed by atoms with Crippen molar-refractivity contribution < 1.29 is 19.1 Å². The molecule has 3 aliphatic rings. The van der Waals surface area contributed by atoms with E-state index in [0.717, 1.165) is 67.5 Å². The van der Waals surface area contributed by atoms with Crippen molar-refractivity contribution >= 4 is 46.0 Å². The van der Waals surface area contributed by atoms with Gasteiger partial charge in [-0.1, -0.05) is 0 Å². The van der Waals surface area contributed by atoms with Crippen LogP contribution >= 0.6 is 0 Å². The Morgan fingerprint density at radius 1 is 0.875 bits per heavy atom. The normalized spacial score (nSPS) is 19.6. The predicted molar refractivity (Wildman–Crippen MR) is 186 cm³/mol. The van der Waals surface area contributed by atoms with E-state index in [1.165, 1.54) is 12.8 Å². The summed E-state index contributed by atoms with van der Waals surface area (Å²) in [5, 5.41) is 5.98. The highest BCUT2D eigenvalue weighted by molar-refractivity contribution is 5.92. The van der Waals surface area contributed by atoms with Crippen molar-refractivity contribution in [3.8, 4) is 0 Å². The first kappa shape index (κ1) is 34.0. The summed E-state index contributed by atoms with van der Waals surface area (Å²) >= 11 is 0. The predicted octanol–water partition coefficient (Wildman–Crippen LogP) is 6.99. The second kappa shape index (κ2) is 14.3. The summed E-state index contributed by atoms with van der Waals surface area (Å²) in [5.41, 5.74) is 3.01. The molecule has 12 nitrogen and oxygen atoms in total. The summed E-state index contributed by atoms with van der Waals surface area (Å²) in [6.07, 6.45) is 13.2. The molecule has 7 rings (SSSR count). The molecule has 0 spiro atoms. The lowest BCUT2D eigenvalue weighted by Gasteiger charge is -2.35. The van der Waals surface area contributed by atoms with Gasteiger partial charge < -0.3 is 9.47 Å². The number of nitrogens with zero attached hydrogens (tertiary/aromatic N) is 6. The molecule has 1 atom stereocenters. The van der Waals surface area contributed by atoms with Gasteiger partial charge in [-0.05, 0) is 116 Å². The third-order valence-electron chi connectivity index (χ3n) is 9.42. The van der Waals surface area contributed by atoms with Crippen molar-refractivity contribution in [3.63, 3.8) is 0 Å². The number of fused-ring (bicyclic) bond motifs is 2. The smallest absolute Gasteiger partial charge is 0.229 e. The van der Waals surface area contributed by atoms with Gasteiger partial charge in [-0.15, -0.1) is 0 Å². The first-order valence-electron chi connectivity index (χ1n) is 17.5. The number of pyridine rings is 2. The van der Waals surface area contributed by atoms with Gasteiger partial charge >= 0.3 is 0 Å². The fourth-order valence-corrected chi connectivity index (χ4v) is 6.62. The van der Waals surface area contributed by atoms with Crippen molar-refractivity contribution in [1.82, 2.24) is 29.1 Å². The van der Waals surface area contributed by atoms with Crippen LogP contribution in [0.3, 0.4) is 0 Å². The Balaban J connectivity index is 0.000000168. The van der Waals surface area contributed by atoms with Gasteiger partial charge in [0.05, 0.1) is 24.2 Å². The maximum atomic E-state index is 12.6. The molecule has 1 saturated heterocycles. The van der Waals surface area contributed by atoms with Crippen LogP contribution in [-0.4, -0.2) is 65.3 Å². The number of carbonyl (C=O) groups excluding carboxylic acids is 2. The Kier molecular flexibility index (Phi) is 10.1. The molecule has 2 N–H and O–H groups in total. The molecule has 4 aromatic rings. The summed E-state index contributed by atoms with van der Waals surface area (Å²) in [5.74, 6) is 1.57. The molecule has 0 bridgehead atoms. The highest BCUT2D eigenvalue weighted by Gasteiger charge is 2.31. The maximum absolute atomic E-state index is 12.6. The third-order valence-corrected chi connectivity index (χ3v) is 9.42. The van der Waals surface area contributed by atoms with Crippen LogP contribution < -0.4 is 10.6 Å². The van der Waals surface area contributed by atoms with E-state index in [0.29, 0.717) is 49.3 Å². The van der Waals surface area contributed by atoms with E-state index in [9.17, 15) is 9.59 Å². The highest BCUT2D eigenvalue weighted by Crippen LogP contribution is 2.38. The van der Waals surface area contributed by atoms with Crippen molar-refractivity contribution in [2.45, 2.75) is 122 Å². The minimum atomic E-state index is -0.233. The first-order valence-corrected chi connectivity index (χ1v) is 17.5. The number of hydrogen-bond donors (Lipinski definition) is 2. The van der Waals surface area contributed by atoms with E-state index < -0.39 is 0 Å². The van der Waals surface area contributed by atoms with E-state index in [2.05, 4.69) is 53.6 Å². The van der Waals surface area contributed by atoms with Crippen LogP contribution in [0.25, 0.3) is 22.3 Å². The van der Waals surface area contributed by atoms with E-state index in [1.54, 1.807) is 12.4 Å². The molecule has 1 unspecified atom stereocenters. The number of aromatic nitrogens is 6. The number of rotatable bonds is 9. The first-order chi connectivity index (χ1) is 23.0. The standard InChI is InChI=1S/C19H26N4O2.C17H24N4O2/c1-19(2)12-13(8-10-25-19)11-16(24)22-18-21-15-7-4-9-20-17(15)23(18)14-5-3-6-14;1-17(2,3)23-11-9-14(22)20-16-19-13-8-5-10-18-15(13)21(16)12-6-4-7-12/h4,7,9,13-14H,3,5-6,8,10-12H2,1-2H3,(H,21,22,24);5,8,10,12H,4,6-7,9,11H2,1-3H3,(H,19,20,22). The average molecular weight is 659 g/mol. The zero-order chi connectivity index (χ0) is 33.9. The lowest BCUT2D eigenvalue weighted by atomic mass is 9.86. The zero-order valence-corrected chi connectivity index (χ0v) is 29.0. The summed E-state index contributed by atoms with van der Waals surface area (Å²) < 4.78 is 15.5. The number of carbonyl (C=O) groups is 2. The summed E-state index contributed by atoms with van der Waals surface area (Å²) in [6, 6.07) is 8.41. The summed E-state index contributed by atoms with van der Waals surface area (Å²) in [7, 11) is 0. The van der Waals surface area contributed by atoms with Gasteiger partial charge in [0.25, 0.3) is 0 Å². The Morgan fingerprint density at radius 2 is 1.42 bits per heavy atom. The number of ether oxygens (including phenoxy) is 2. The number of nitrogens with one attached hydrogen (secondary N) is 2. The van der Waals surface area contributed by atoms with Gasteiger partial charge in [0.15, 0.2) is 11.3 Å². The molecule has 48 heavy (non-hydrogen) atoms. The quantitative estimate of drug-likeness (QED) is 0.196. The van der Waals surface area contributed by atoms with Crippen molar-refractivity contribution in [2.75, 3.05) is 23.8 Å². The van der Waals surface area contributed by atoms with E-state index in [-0.39, 0.29) is 23.0 Å². The van der Waals surface area contributed by atoms with E-state index in [4.69, 9.17) is 9.47 Å². The van der Waals surface area contributed by atoms with Crippen molar-refractivity contribution in [2.24, 2.45) is 5.92 Å². The third kappa shape index (κ3) is 8.20. The van der Waals surface area contributed by atoms with Crippen molar-refractivity contribution in [1.29, 1.82) is 0 Å². The number of amides is 2. The average Bonchev–Trinajstić information content (AvgIpc) is 3.48. The second-order valence-electron chi connectivity index (χ2n) is 15.0. The number of anilines is 2. The molecule has 0 radical (unpaired) electrons. The lowest BCUT2D eigenvalue weighted by molar-refractivity contribution is -0.120. The lowest BCUT2D eigenvalue weighted by Crippen LogP contribution is -2.35. The summed E-state index contributed by atoms with van der Waals surface area (Å²) in [6.45, 7) is 11.3. The molecule has 2 saturated carbocycles. The molecule has 2 amide bonds.